The summed E-state index contributed by atoms with van der Waals surface area (Å²) in [7, 11) is 0. The Hall–Kier alpha value is -4.88. The normalized spacial score (nSPS) is 11.9. The molecular weight excluding hydrogens is 526 g/mol. The fourth-order valence-corrected chi connectivity index (χ4v) is 4.72. The van der Waals surface area contributed by atoms with Gasteiger partial charge in [-0.05, 0) is 59.0 Å². The number of hydrogen-bond acceptors (Lipinski definition) is 5. The van der Waals surface area contributed by atoms with Gasteiger partial charge < -0.3 is 15.2 Å². The van der Waals surface area contributed by atoms with Gasteiger partial charge in [0.05, 0.1) is 17.3 Å². The van der Waals surface area contributed by atoms with Crippen LogP contribution in [0.5, 0.6) is 11.5 Å². The third-order valence-electron chi connectivity index (χ3n) is 6.52. The van der Waals surface area contributed by atoms with E-state index in [9.17, 15) is 14.7 Å². The molecule has 0 saturated heterocycles. The van der Waals surface area contributed by atoms with Gasteiger partial charge in [0.1, 0.15) is 11.5 Å². The molecule has 0 aliphatic carbocycles. The Kier molecular flexibility index (Phi) is 7.94. The zero-order valence-corrected chi connectivity index (χ0v) is 22.4. The molecule has 5 aromatic carbocycles. The second-order valence-electron chi connectivity index (χ2n) is 9.21. The number of rotatable bonds is 8. The monoisotopic (exact) mass is 551 g/mol. The van der Waals surface area contributed by atoms with Crippen molar-refractivity contribution in [2.24, 2.45) is 5.10 Å². The fraction of sp³-hybridized carbons (Fsp3) is 0.0938. The molecule has 0 bridgehead atoms. The lowest BCUT2D eigenvalue weighted by atomic mass is 10.00. The van der Waals surface area contributed by atoms with Crippen LogP contribution in [0.25, 0.3) is 21.5 Å². The summed E-state index contributed by atoms with van der Waals surface area (Å²) >= 11 is 5.88. The number of amides is 2. The molecule has 7 nitrogen and oxygen atoms in total. The summed E-state index contributed by atoms with van der Waals surface area (Å²) in [5.74, 6) is -0.242. The largest absolute Gasteiger partial charge is 0.506 e. The summed E-state index contributed by atoms with van der Waals surface area (Å²) in [6.45, 7) is 1.82. The minimum absolute atomic E-state index is 0.0786. The highest BCUT2D eigenvalue weighted by Crippen LogP contribution is 2.28. The van der Waals surface area contributed by atoms with Gasteiger partial charge in [0, 0.05) is 16.5 Å². The molecule has 0 aliphatic rings. The summed E-state index contributed by atoms with van der Waals surface area (Å²) < 4.78 is 5.92. The average Bonchev–Trinajstić information content (AvgIpc) is 2.97. The first-order chi connectivity index (χ1) is 19.4. The molecule has 0 heterocycles. The van der Waals surface area contributed by atoms with Crippen molar-refractivity contribution in [3.8, 4) is 11.5 Å². The molecule has 0 spiro atoms. The fourth-order valence-electron chi connectivity index (χ4n) is 4.54. The number of phenols is 1. The molecule has 0 aliphatic heterocycles. The molecule has 1 atom stereocenters. The highest BCUT2D eigenvalue weighted by molar-refractivity contribution is 6.32. The van der Waals surface area contributed by atoms with Crippen molar-refractivity contribution in [3.05, 3.63) is 119 Å². The van der Waals surface area contributed by atoms with Crippen LogP contribution in [0.2, 0.25) is 5.02 Å². The van der Waals surface area contributed by atoms with E-state index in [4.69, 9.17) is 16.3 Å². The zero-order valence-electron chi connectivity index (χ0n) is 21.6. The second-order valence-corrected chi connectivity index (χ2v) is 9.62. The number of carbonyl (C=O) groups is 2. The van der Waals surface area contributed by atoms with E-state index in [1.165, 1.54) is 24.4 Å². The first-order valence-electron chi connectivity index (χ1n) is 12.6. The molecular formula is C32H26ClN3O4. The summed E-state index contributed by atoms with van der Waals surface area (Å²) in [6, 6.07) is 29.3. The zero-order chi connectivity index (χ0) is 28.1. The number of hydrogen-bond donors (Lipinski definition) is 3. The van der Waals surface area contributed by atoms with Gasteiger partial charge in [-0.1, -0.05) is 78.3 Å². The predicted molar refractivity (Wildman–Crippen MR) is 158 cm³/mol. The van der Waals surface area contributed by atoms with Crippen LogP contribution < -0.4 is 15.5 Å². The molecule has 40 heavy (non-hydrogen) atoms. The van der Waals surface area contributed by atoms with Crippen molar-refractivity contribution >= 4 is 51.2 Å². The number of carbonyl (C=O) groups excluding carboxylic acids is 2. The average molecular weight is 552 g/mol. The van der Waals surface area contributed by atoms with E-state index in [1.807, 2.05) is 55.5 Å². The number of fused-ring (bicyclic) bond motifs is 2. The lowest BCUT2D eigenvalue weighted by molar-refractivity contribution is -0.123. The van der Waals surface area contributed by atoms with Crippen molar-refractivity contribution in [1.29, 1.82) is 0 Å². The number of nitrogens with zero attached hydrogens (tertiary/aromatic N) is 1. The molecule has 3 N–H and O–H groups in total. The highest BCUT2D eigenvalue weighted by Gasteiger charge is 2.14. The lowest BCUT2D eigenvalue weighted by Crippen LogP contribution is -2.31. The standard InChI is InChI=1S/C32H26ClN3O4/c1-20(24-12-6-8-21-7-2-3-9-25(21)24)35-31(38)19-40-30-16-14-23(26-10-4-5-11-27(26)30)18-34-36-32(39)22-13-15-29(37)28(33)17-22/h2-18,20,37H,19H2,1H3,(H,35,38)(H,36,39). The van der Waals surface area contributed by atoms with Crippen LogP contribution in [0.1, 0.15) is 34.5 Å². The summed E-state index contributed by atoms with van der Waals surface area (Å²) in [4.78, 5) is 25.2. The van der Waals surface area contributed by atoms with Crippen molar-refractivity contribution in [2.75, 3.05) is 6.61 Å². The number of halogens is 1. The maximum atomic E-state index is 12.8. The molecule has 0 fully saturated rings. The SMILES string of the molecule is CC(NC(=O)COc1ccc(C=NNC(=O)c2ccc(O)c(Cl)c2)c2ccccc12)c1cccc2ccccc12. The van der Waals surface area contributed by atoms with Crippen LogP contribution in [0.3, 0.4) is 0 Å². The van der Waals surface area contributed by atoms with Gasteiger partial charge in [0.2, 0.25) is 0 Å². The Morgan fingerprint density at radius 2 is 1.65 bits per heavy atom. The van der Waals surface area contributed by atoms with Crippen LogP contribution in [0, 0.1) is 0 Å². The van der Waals surface area contributed by atoms with Gasteiger partial charge in [0.15, 0.2) is 6.61 Å². The van der Waals surface area contributed by atoms with Gasteiger partial charge >= 0.3 is 0 Å². The van der Waals surface area contributed by atoms with Crippen LogP contribution in [-0.2, 0) is 4.79 Å². The first kappa shape index (κ1) is 26.7. The Balaban J connectivity index is 1.25. The Labute approximate surface area is 236 Å². The van der Waals surface area contributed by atoms with E-state index < -0.39 is 5.91 Å². The minimum atomic E-state index is -0.467. The van der Waals surface area contributed by atoms with E-state index >= 15 is 0 Å². The minimum Gasteiger partial charge on any atom is -0.506 e. The number of nitrogens with one attached hydrogen (secondary N) is 2. The molecule has 5 aromatic rings. The molecule has 8 heteroatoms. The smallest absolute Gasteiger partial charge is 0.271 e. The number of phenolic OH excluding ortho intramolecular Hbond substituents is 1. The predicted octanol–water partition coefficient (Wildman–Crippen LogP) is 6.37. The number of ether oxygens (including phenoxy) is 1. The topological polar surface area (TPSA) is 100 Å². The number of benzene rings is 5. The first-order valence-corrected chi connectivity index (χ1v) is 13.0. The van der Waals surface area contributed by atoms with E-state index in [0.717, 1.165) is 32.7 Å². The van der Waals surface area contributed by atoms with Gasteiger partial charge in [-0.25, -0.2) is 5.43 Å². The van der Waals surface area contributed by atoms with Crippen molar-refractivity contribution < 1.29 is 19.4 Å². The Bertz CT molecular complexity index is 1750. The number of hydrazone groups is 1. The maximum Gasteiger partial charge on any atom is 0.271 e. The van der Waals surface area contributed by atoms with Crippen LogP contribution in [0.15, 0.2) is 102 Å². The molecule has 2 amide bonds. The molecule has 1 unspecified atom stereocenters. The van der Waals surface area contributed by atoms with E-state index in [2.05, 4.69) is 34.0 Å². The van der Waals surface area contributed by atoms with Crippen LogP contribution >= 0.6 is 11.6 Å². The Morgan fingerprint density at radius 3 is 2.45 bits per heavy atom. The highest BCUT2D eigenvalue weighted by atomic mass is 35.5. The molecule has 0 radical (unpaired) electrons. The van der Waals surface area contributed by atoms with E-state index in [1.54, 1.807) is 12.1 Å². The number of aromatic hydroxyl groups is 1. The molecule has 5 rings (SSSR count). The summed E-state index contributed by atoms with van der Waals surface area (Å²) in [5, 5.41) is 20.6. The van der Waals surface area contributed by atoms with E-state index in [0.29, 0.717) is 5.75 Å². The molecule has 200 valence electrons. The van der Waals surface area contributed by atoms with Crippen molar-refractivity contribution in [3.63, 3.8) is 0 Å². The van der Waals surface area contributed by atoms with Crippen LogP contribution in [-0.4, -0.2) is 29.7 Å². The van der Waals surface area contributed by atoms with Gasteiger partial charge in [-0.2, -0.15) is 5.10 Å². The van der Waals surface area contributed by atoms with Crippen molar-refractivity contribution in [1.82, 2.24) is 10.7 Å². The lowest BCUT2D eigenvalue weighted by Gasteiger charge is -2.17. The van der Waals surface area contributed by atoms with Gasteiger partial charge in [-0.3, -0.25) is 9.59 Å². The summed E-state index contributed by atoms with van der Waals surface area (Å²) in [6.07, 6.45) is 1.53. The maximum absolute atomic E-state index is 12.8. The quantitative estimate of drug-likeness (QED) is 0.154. The third kappa shape index (κ3) is 5.90. The summed E-state index contributed by atoms with van der Waals surface area (Å²) in [5.41, 5.74) is 4.52. The second kappa shape index (κ2) is 11.9. The van der Waals surface area contributed by atoms with Gasteiger partial charge in [0.25, 0.3) is 11.8 Å². The third-order valence-corrected chi connectivity index (χ3v) is 6.83. The van der Waals surface area contributed by atoms with Gasteiger partial charge in [-0.15, -0.1) is 0 Å². The van der Waals surface area contributed by atoms with E-state index in [-0.39, 0.29) is 34.9 Å². The Morgan fingerprint density at radius 1 is 0.925 bits per heavy atom. The molecule has 0 aromatic heterocycles. The van der Waals surface area contributed by atoms with Crippen molar-refractivity contribution in [2.45, 2.75) is 13.0 Å². The van der Waals surface area contributed by atoms with Crippen LogP contribution in [0.4, 0.5) is 0 Å². The molecule has 0 saturated carbocycles.